The standard InChI is InChI=1S/C8H11N3O.2ClH/c1-6(9)8(12)11-7-3-2-4-10-5-7;;/h2-6H,9H2,1H3,(H,11,12);2*1H/t6-;;/m0../s1. The number of carbonyl (C=O) groups excluding carboxylic acids is 1. The highest BCUT2D eigenvalue weighted by Crippen LogP contribution is 2.02. The van der Waals surface area contributed by atoms with Gasteiger partial charge in [0, 0.05) is 6.20 Å². The maximum Gasteiger partial charge on any atom is 0.241 e. The predicted molar refractivity (Wildman–Crippen MR) is 61.0 cm³/mol. The van der Waals surface area contributed by atoms with E-state index in [2.05, 4.69) is 10.3 Å². The van der Waals surface area contributed by atoms with E-state index in [1.54, 1.807) is 31.5 Å². The molecule has 80 valence electrons. The number of pyridine rings is 1. The zero-order valence-corrected chi connectivity index (χ0v) is 9.27. The van der Waals surface area contributed by atoms with E-state index in [-0.39, 0.29) is 30.7 Å². The lowest BCUT2D eigenvalue weighted by molar-refractivity contribution is -0.117. The number of rotatable bonds is 2. The highest BCUT2D eigenvalue weighted by molar-refractivity contribution is 5.94. The van der Waals surface area contributed by atoms with Crippen LogP contribution < -0.4 is 11.1 Å². The Hall–Kier alpha value is -0.840. The predicted octanol–water partition coefficient (Wildman–Crippen LogP) is 1.21. The minimum Gasteiger partial charge on any atom is -0.323 e. The molecule has 0 radical (unpaired) electrons. The summed E-state index contributed by atoms with van der Waals surface area (Å²) in [5, 5.41) is 2.61. The zero-order chi connectivity index (χ0) is 8.97. The second-order valence-electron chi connectivity index (χ2n) is 2.52. The fraction of sp³-hybridized carbons (Fsp3) is 0.250. The van der Waals surface area contributed by atoms with Crippen LogP contribution >= 0.6 is 24.8 Å². The van der Waals surface area contributed by atoms with Gasteiger partial charge in [-0.05, 0) is 19.1 Å². The molecule has 1 aromatic rings. The van der Waals surface area contributed by atoms with Crippen LogP contribution in [0, 0.1) is 0 Å². The summed E-state index contributed by atoms with van der Waals surface area (Å²) >= 11 is 0. The molecule has 3 N–H and O–H groups in total. The van der Waals surface area contributed by atoms with Crippen LogP contribution in [0.5, 0.6) is 0 Å². The average molecular weight is 238 g/mol. The number of anilines is 1. The first-order valence-electron chi connectivity index (χ1n) is 3.66. The topological polar surface area (TPSA) is 68.0 Å². The first-order chi connectivity index (χ1) is 5.70. The van der Waals surface area contributed by atoms with E-state index in [9.17, 15) is 4.79 Å². The quantitative estimate of drug-likeness (QED) is 0.813. The third-order valence-corrected chi connectivity index (χ3v) is 1.34. The Morgan fingerprint density at radius 3 is 2.64 bits per heavy atom. The number of hydrogen-bond donors (Lipinski definition) is 2. The number of amides is 1. The smallest absolute Gasteiger partial charge is 0.241 e. The van der Waals surface area contributed by atoms with Gasteiger partial charge >= 0.3 is 0 Å². The number of hydrogen-bond acceptors (Lipinski definition) is 3. The zero-order valence-electron chi connectivity index (χ0n) is 7.64. The summed E-state index contributed by atoms with van der Waals surface area (Å²) in [5.74, 6) is -0.206. The van der Waals surface area contributed by atoms with Gasteiger partial charge < -0.3 is 11.1 Å². The molecule has 0 saturated carbocycles. The van der Waals surface area contributed by atoms with Gasteiger partial charge in [0.1, 0.15) is 0 Å². The summed E-state index contributed by atoms with van der Waals surface area (Å²) in [6.07, 6.45) is 3.21. The van der Waals surface area contributed by atoms with Gasteiger partial charge in [-0.3, -0.25) is 9.78 Å². The molecule has 1 aromatic heterocycles. The monoisotopic (exact) mass is 237 g/mol. The molecule has 1 atom stereocenters. The van der Waals surface area contributed by atoms with E-state index < -0.39 is 6.04 Å². The number of nitrogens with one attached hydrogen (secondary N) is 1. The van der Waals surface area contributed by atoms with Crippen LogP contribution in [-0.2, 0) is 4.79 Å². The molecule has 0 unspecified atom stereocenters. The third kappa shape index (κ3) is 5.01. The van der Waals surface area contributed by atoms with Crippen molar-refractivity contribution in [2.24, 2.45) is 5.73 Å². The van der Waals surface area contributed by atoms with Crippen molar-refractivity contribution in [1.82, 2.24) is 4.98 Å². The molecule has 6 heteroatoms. The highest BCUT2D eigenvalue weighted by Gasteiger charge is 2.06. The van der Waals surface area contributed by atoms with E-state index in [1.807, 2.05) is 0 Å². The lowest BCUT2D eigenvalue weighted by Crippen LogP contribution is -2.32. The first kappa shape index (κ1) is 15.6. The van der Waals surface area contributed by atoms with Crippen LogP contribution in [0.15, 0.2) is 24.5 Å². The van der Waals surface area contributed by atoms with Gasteiger partial charge in [-0.15, -0.1) is 24.8 Å². The largest absolute Gasteiger partial charge is 0.323 e. The molecule has 0 fully saturated rings. The Balaban J connectivity index is 0. The molecule has 1 heterocycles. The summed E-state index contributed by atoms with van der Waals surface area (Å²) in [6.45, 7) is 1.63. The van der Waals surface area contributed by atoms with Gasteiger partial charge in [-0.25, -0.2) is 0 Å². The number of aromatic nitrogens is 1. The van der Waals surface area contributed by atoms with Crippen molar-refractivity contribution in [1.29, 1.82) is 0 Å². The number of nitrogens with two attached hydrogens (primary N) is 1. The van der Waals surface area contributed by atoms with Crippen LogP contribution in [0.1, 0.15) is 6.92 Å². The Morgan fingerprint density at radius 1 is 1.57 bits per heavy atom. The van der Waals surface area contributed by atoms with E-state index in [0.29, 0.717) is 5.69 Å². The second kappa shape index (κ2) is 7.55. The summed E-state index contributed by atoms with van der Waals surface area (Å²) in [7, 11) is 0. The Kier molecular flexibility index (Phi) is 8.43. The molecule has 1 rings (SSSR count). The highest BCUT2D eigenvalue weighted by atomic mass is 35.5. The number of carbonyl (C=O) groups is 1. The molecule has 0 spiro atoms. The lowest BCUT2D eigenvalue weighted by atomic mass is 10.3. The van der Waals surface area contributed by atoms with Crippen molar-refractivity contribution >= 4 is 36.4 Å². The first-order valence-corrected chi connectivity index (χ1v) is 3.66. The molecule has 0 aromatic carbocycles. The summed E-state index contributed by atoms with van der Waals surface area (Å²) in [5.41, 5.74) is 6.02. The molecule has 0 bridgehead atoms. The van der Waals surface area contributed by atoms with Crippen molar-refractivity contribution in [2.45, 2.75) is 13.0 Å². The second-order valence-corrected chi connectivity index (χ2v) is 2.52. The molecule has 4 nitrogen and oxygen atoms in total. The number of halogens is 2. The Bertz CT molecular complexity index is 267. The van der Waals surface area contributed by atoms with Gasteiger partial charge in [-0.2, -0.15) is 0 Å². The van der Waals surface area contributed by atoms with Crippen LogP contribution in [0.4, 0.5) is 5.69 Å². The molecule has 0 aliphatic carbocycles. The van der Waals surface area contributed by atoms with Gasteiger partial charge in [0.25, 0.3) is 0 Å². The molecule has 0 saturated heterocycles. The molecule has 14 heavy (non-hydrogen) atoms. The minimum absolute atomic E-state index is 0. The van der Waals surface area contributed by atoms with Crippen molar-refractivity contribution in [3.05, 3.63) is 24.5 Å². The molecule has 1 amide bonds. The summed E-state index contributed by atoms with van der Waals surface area (Å²) in [4.78, 5) is 14.9. The minimum atomic E-state index is -0.495. The fourth-order valence-electron chi connectivity index (χ4n) is 0.693. The number of nitrogens with zero attached hydrogens (tertiary/aromatic N) is 1. The van der Waals surface area contributed by atoms with Gasteiger partial charge in [-0.1, -0.05) is 0 Å². The van der Waals surface area contributed by atoms with Crippen LogP contribution in [0.25, 0.3) is 0 Å². The molecule has 0 aliphatic rings. The van der Waals surface area contributed by atoms with E-state index in [0.717, 1.165) is 0 Å². The maximum atomic E-state index is 11.0. The van der Waals surface area contributed by atoms with Crippen molar-refractivity contribution in [2.75, 3.05) is 5.32 Å². The lowest BCUT2D eigenvalue weighted by Gasteiger charge is -2.05. The summed E-state index contributed by atoms with van der Waals surface area (Å²) in [6, 6.07) is 3.01. The molecular formula is C8H13Cl2N3O. The van der Waals surface area contributed by atoms with Crippen LogP contribution in [-0.4, -0.2) is 16.9 Å². The van der Waals surface area contributed by atoms with Gasteiger partial charge in [0.2, 0.25) is 5.91 Å². The van der Waals surface area contributed by atoms with Crippen molar-refractivity contribution < 1.29 is 4.79 Å². The van der Waals surface area contributed by atoms with Crippen molar-refractivity contribution in [3.63, 3.8) is 0 Å². The van der Waals surface area contributed by atoms with Crippen LogP contribution in [0.3, 0.4) is 0 Å². The Morgan fingerprint density at radius 2 is 2.21 bits per heavy atom. The third-order valence-electron chi connectivity index (χ3n) is 1.34. The van der Waals surface area contributed by atoms with Gasteiger partial charge in [0.05, 0.1) is 17.9 Å². The van der Waals surface area contributed by atoms with Gasteiger partial charge in [0.15, 0.2) is 0 Å². The normalized spacial score (nSPS) is 10.4. The van der Waals surface area contributed by atoms with E-state index in [4.69, 9.17) is 5.73 Å². The summed E-state index contributed by atoms with van der Waals surface area (Å²) < 4.78 is 0. The SMILES string of the molecule is C[C@H](N)C(=O)Nc1cccnc1.Cl.Cl. The van der Waals surface area contributed by atoms with E-state index >= 15 is 0 Å². The average Bonchev–Trinajstić information content (AvgIpc) is 2.06. The maximum absolute atomic E-state index is 11.0. The molecule has 0 aliphatic heterocycles. The Labute approximate surface area is 95.1 Å². The fourth-order valence-corrected chi connectivity index (χ4v) is 0.693. The molecular weight excluding hydrogens is 225 g/mol. The van der Waals surface area contributed by atoms with Crippen LogP contribution in [0.2, 0.25) is 0 Å². The van der Waals surface area contributed by atoms with Crippen molar-refractivity contribution in [3.8, 4) is 0 Å². The van der Waals surface area contributed by atoms with E-state index in [1.165, 1.54) is 0 Å².